The summed E-state index contributed by atoms with van der Waals surface area (Å²) in [6, 6.07) is 0. The molecule has 0 spiro atoms. The standard InChI is InChI=1S/C18H34O4.K/c19-15-11-7-2-1-4-8-12-16-17(22-16)13-9-5-3-6-10-14-18(20)21;/h16-17,19H,1-15H2,(H,20,21);/q;+1/p-1. The number of hydrogen-bond acceptors (Lipinski definition) is 4. The van der Waals surface area contributed by atoms with Gasteiger partial charge >= 0.3 is 51.4 Å². The number of carboxylic acids is 1. The van der Waals surface area contributed by atoms with Crippen LogP contribution in [0.25, 0.3) is 0 Å². The van der Waals surface area contributed by atoms with Gasteiger partial charge in [0.1, 0.15) is 0 Å². The van der Waals surface area contributed by atoms with Gasteiger partial charge in [0.15, 0.2) is 0 Å². The molecule has 1 aliphatic heterocycles. The predicted molar refractivity (Wildman–Crippen MR) is 85.4 cm³/mol. The molecule has 2 unspecified atom stereocenters. The Morgan fingerprint density at radius 1 is 0.783 bits per heavy atom. The van der Waals surface area contributed by atoms with Crippen LogP contribution < -0.4 is 56.5 Å². The number of carbonyl (C=O) groups is 1. The van der Waals surface area contributed by atoms with E-state index in [2.05, 4.69) is 0 Å². The third-order valence-corrected chi connectivity index (χ3v) is 4.45. The number of carboxylic acid groups (broad SMARTS) is 1. The van der Waals surface area contributed by atoms with Crippen molar-refractivity contribution in [2.24, 2.45) is 0 Å². The smallest absolute Gasteiger partial charge is 0.550 e. The monoisotopic (exact) mass is 352 g/mol. The SMILES string of the molecule is O=C([O-])CCCCCCCC1OC1CCCCCCCCO.[K+]. The molecule has 0 bridgehead atoms. The molecular weight excluding hydrogens is 319 g/mol. The summed E-state index contributed by atoms with van der Waals surface area (Å²) in [5, 5.41) is 18.9. The minimum absolute atomic E-state index is 0. The van der Waals surface area contributed by atoms with Crippen molar-refractivity contribution in [3.05, 3.63) is 0 Å². The van der Waals surface area contributed by atoms with Crippen LogP contribution in [0.3, 0.4) is 0 Å². The maximum Gasteiger partial charge on any atom is 1.00 e. The van der Waals surface area contributed by atoms with Gasteiger partial charge in [-0.05, 0) is 32.1 Å². The molecule has 23 heavy (non-hydrogen) atoms. The minimum Gasteiger partial charge on any atom is -0.550 e. The number of carbonyl (C=O) groups excluding carboxylic acids is 1. The molecule has 1 rings (SSSR count). The molecule has 5 heteroatoms. The van der Waals surface area contributed by atoms with Crippen molar-refractivity contribution >= 4 is 5.97 Å². The van der Waals surface area contributed by atoms with Crippen molar-refractivity contribution in [1.29, 1.82) is 0 Å². The number of unbranched alkanes of at least 4 members (excludes halogenated alkanes) is 9. The number of hydrogen-bond donors (Lipinski definition) is 1. The first-order valence-corrected chi connectivity index (χ1v) is 9.20. The maximum absolute atomic E-state index is 10.3. The summed E-state index contributed by atoms with van der Waals surface area (Å²) in [6.07, 6.45) is 16.0. The average Bonchev–Trinajstić information content (AvgIpc) is 3.23. The first kappa shape index (κ1) is 24.0. The van der Waals surface area contributed by atoms with E-state index >= 15 is 0 Å². The Morgan fingerprint density at radius 2 is 1.22 bits per heavy atom. The number of epoxide rings is 1. The van der Waals surface area contributed by atoms with Crippen LogP contribution in [0.5, 0.6) is 0 Å². The van der Waals surface area contributed by atoms with Gasteiger partial charge in [0, 0.05) is 12.6 Å². The summed E-state index contributed by atoms with van der Waals surface area (Å²) in [7, 11) is 0. The van der Waals surface area contributed by atoms with Crippen LogP contribution in [0, 0.1) is 0 Å². The molecule has 1 aliphatic rings. The van der Waals surface area contributed by atoms with Crippen molar-refractivity contribution in [3.8, 4) is 0 Å². The third-order valence-electron chi connectivity index (χ3n) is 4.45. The van der Waals surface area contributed by atoms with E-state index < -0.39 is 5.97 Å². The molecule has 0 radical (unpaired) electrons. The quantitative estimate of drug-likeness (QED) is 0.240. The summed E-state index contributed by atoms with van der Waals surface area (Å²) >= 11 is 0. The fourth-order valence-corrected chi connectivity index (χ4v) is 3.00. The molecule has 0 amide bonds. The average molecular weight is 353 g/mol. The molecule has 1 fully saturated rings. The Morgan fingerprint density at radius 3 is 1.70 bits per heavy atom. The van der Waals surface area contributed by atoms with Gasteiger partial charge in [0.25, 0.3) is 0 Å². The second-order valence-electron chi connectivity index (χ2n) is 6.53. The predicted octanol–water partition coefficient (Wildman–Crippen LogP) is -0.0386. The van der Waals surface area contributed by atoms with E-state index in [9.17, 15) is 9.90 Å². The second-order valence-corrected chi connectivity index (χ2v) is 6.53. The van der Waals surface area contributed by atoms with Gasteiger partial charge in [-0.15, -0.1) is 0 Å². The van der Waals surface area contributed by atoms with E-state index in [1.807, 2.05) is 0 Å². The number of rotatable bonds is 16. The molecule has 0 aromatic carbocycles. The Labute approximate surface area is 184 Å². The number of ether oxygens (including phenoxy) is 1. The molecule has 1 heterocycles. The zero-order chi connectivity index (χ0) is 16.0. The van der Waals surface area contributed by atoms with Gasteiger partial charge in [-0.25, -0.2) is 0 Å². The van der Waals surface area contributed by atoms with Gasteiger partial charge in [0.05, 0.1) is 12.2 Å². The molecule has 130 valence electrons. The summed E-state index contributed by atoms with van der Waals surface area (Å²) in [5.41, 5.74) is 0. The van der Waals surface area contributed by atoms with Crippen molar-refractivity contribution in [3.63, 3.8) is 0 Å². The van der Waals surface area contributed by atoms with Gasteiger partial charge in [0.2, 0.25) is 0 Å². The largest absolute Gasteiger partial charge is 1.00 e. The summed E-state index contributed by atoms with van der Waals surface area (Å²) < 4.78 is 5.70. The molecule has 0 aliphatic carbocycles. The van der Waals surface area contributed by atoms with E-state index in [0.717, 1.165) is 32.1 Å². The number of aliphatic hydroxyl groups is 1. The fourth-order valence-electron chi connectivity index (χ4n) is 3.00. The van der Waals surface area contributed by atoms with Crippen molar-refractivity contribution < 1.29 is 71.1 Å². The first-order chi connectivity index (χ1) is 10.7. The van der Waals surface area contributed by atoms with Gasteiger partial charge < -0.3 is 19.7 Å². The first-order valence-electron chi connectivity index (χ1n) is 9.20. The molecule has 0 aromatic heterocycles. The van der Waals surface area contributed by atoms with Crippen LogP contribution in [-0.4, -0.2) is 29.9 Å². The molecule has 0 aromatic rings. The van der Waals surface area contributed by atoms with Crippen LogP contribution in [0.15, 0.2) is 0 Å². The second kappa shape index (κ2) is 16.5. The Bertz CT molecular complexity index is 286. The van der Waals surface area contributed by atoms with Crippen LogP contribution >= 0.6 is 0 Å². The van der Waals surface area contributed by atoms with E-state index in [-0.39, 0.29) is 57.8 Å². The van der Waals surface area contributed by atoms with E-state index in [1.54, 1.807) is 0 Å². The zero-order valence-electron chi connectivity index (χ0n) is 14.9. The summed E-state index contributed by atoms with van der Waals surface area (Å²) in [6.45, 7) is 0.328. The van der Waals surface area contributed by atoms with Crippen LogP contribution in [0.1, 0.15) is 89.9 Å². The minimum atomic E-state index is -0.928. The van der Waals surface area contributed by atoms with Crippen LogP contribution in [0.2, 0.25) is 0 Å². The van der Waals surface area contributed by atoms with E-state index in [4.69, 9.17) is 9.84 Å². The molecule has 1 N–H and O–H groups in total. The zero-order valence-corrected chi connectivity index (χ0v) is 18.1. The number of aliphatic carboxylic acids is 1. The van der Waals surface area contributed by atoms with Gasteiger partial charge in [-0.3, -0.25) is 0 Å². The van der Waals surface area contributed by atoms with Gasteiger partial charge in [-0.2, -0.15) is 0 Å². The van der Waals surface area contributed by atoms with E-state index in [0.29, 0.717) is 18.8 Å². The number of aliphatic hydroxyl groups excluding tert-OH is 1. The Balaban J connectivity index is 0.00000484. The molecule has 2 atom stereocenters. The summed E-state index contributed by atoms with van der Waals surface area (Å²) in [5.74, 6) is -0.928. The van der Waals surface area contributed by atoms with Crippen molar-refractivity contribution in [2.45, 2.75) is 102 Å². The third kappa shape index (κ3) is 15.0. The van der Waals surface area contributed by atoms with Gasteiger partial charge in [-0.1, -0.05) is 57.8 Å². The fraction of sp³-hybridized carbons (Fsp3) is 0.944. The van der Waals surface area contributed by atoms with Crippen LogP contribution in [0.4, 0.5) is 0 Å². The molecule has 4 nitrogen and oxygen atoms in total. The summed E-state index contributed by atoms with van der Waals surface area (Å²) in [4.78, 5) is 10.3. The Kier molecular flexibility index (Phi) is 17.2. The van der Waals surface area contributed by atoms with Crippen LogP contribution in [-0.2, 0) is 9.53 Å². The molecule has 1 saturated heterocycles. The molecule has 0 saturated carbocycles. The van der Waals surface area contributed by atoms with Crippen molar-refractivity contribution in [1.82, 2.24) is 0 Å². The van der Waals surface area contributed by atoms with E-state index in [1.165, 1.54) is 51.4 Å². The normalized spacial score (nSPS) is 19.3. The molecular formula is C18H33KO4. The topological polar surface area (TPSA) is 72.9 Å². The van der Waals surface area contributed by atoms with Crippen molar-refractivity contribution in [2.75, 3.05) is 6.61 Å². The Hall–Kier alpha value is 1.03. The maximum atomic E-state index is 10.3.